The number of hydrogen-bond acceptors (Lipinski definition) is 1. The Balaban J connectivity index is 2.41. The summed E-state index contributed by atoms with van der Waals surface area (Å²) in [5, 5.41) is -1.28. The smallest absolute Gasteiger partial charge is 0.191 e. The number of alkyl halides is 1. The molecule has 0 amide bonds. The van der Waals surface area contributed by atoms with E-state index in [1.807, 2.05) is 0 Å². The van der Waals surface area contributed by atoms with Gasteiger partial charge in [0.05, 0.1) is 5.56 Å². The molecule has 0 aliphatic carbocycles. The molecule has 0 saturated heterocycles. The molecule has 0 radical (unpaired) electrons. The number of hydrogen-bond donors (Lipinski definition) is 0. The van der Waals surface area contributed by atoms with Crippen molar-refractivity contribution in [2.75, 3.05) is 0 Å². The summed E-state index contributed by atoms with van der Waals surface area (Å²) in [5.41, 5.74) is -0.245. The summed E-state index contributed by atoms with van der Waals surface area (Å²) in [6.45, 7) is 1.42. The van der Waals surface area contributed by atoms with Crippen LogP contribution < -0.4 is 0 Å². The summed E-state index contributed by atoms with van der Waals surface area (Å²) >= 11 is 5.93. The second-order valence-electron chi connectivity index (χ2n) is 4.33. The first-order chi connectivity index (χ1) is 9.41. The zero-order chi connectivity index (χ0) is 14.9. The predicted molar refractivity (Wildman–Crippen MR) is 70.4 cm³/mol. The average molecular weight is 299 g/mol. The Bertz CT molecular complexity index is 653. The molecule has 2 aromatic rings. The molecule has 0 fully saturated rings. The van der Waals surface area contributed by atoms with Gasteiger partial charge >= 0.3 is 0 Å². The van der Waals surface area contributed by atoms with Crippen LogP contribution in [0.25, 0.3) is 0 Å². The first-order valence-electron chi connectivity index (χ1n) is 5.80. The maximum absolute atomic E-state index is 13.9. The van der Waals surface area contributed by atoms with Gasteiger partial charge < -0.3 is 0 Å². The maximum Gasteiger partial charge on any atom is 0.191 e. The third-order valence-corrected chi connectivity index (χ3v) is 3.37. The summed E-state index contributed by atoms with van der Waals surface area (Å²) in [6, 6.07) is 7.11. The highest BCUT2D eigenvalue weighted by molar-refractivity contribution is 6.34. The van der Waals surface area contributed by atoms with Gasteiger partial charge in [-0.25, -0.2) is 13.2 Å². The van der Waals surface area contributed by atoms with E-state index >= 15 is 0 Å². The van der Waals surface area contributed by atoms with Gasteiger partial charge in [0.1, 0.15) is 22.8 Å². The molecule has 0 spiro atoms. The highest BCUT2D eigenvalue weighted by Crippen LogP contribution is 2.28. The van der Waals surface area contributed by atoms with Crippen LogP contribution in [0.3, 0.4) is 0 Å². The van der Waals surface area contributed by atoms with Crippen LogP contribution in [-0.4, -0.2) is 5.78 Å². The molecule has 0 bridgehead atoms. The number of halogens is 4. The minimum Gasteiger partial charge on any atom is -0.292 e. The van der Waals surface area contributed by atoms with Gasteiger partial charge in [0, 0.05) is 0 Å². The Hall–Kier alpha value is -1.81. The first kappa shape index (κ1) is 14.6. The molecule has 0 saturated carbocycles. The molecule has 5 heteroatoms. The predicted octanol–water partition coefficient (Wildman–Crippen LogP) is 4.58. The zero-order valence-electron chi connectivity index (χ0n) is 10.5. The SMILES string of the molecule is Cc1ccc(F)c(C(=O)C(Cl)c2ccc(F)cc2)c1F. The molecular formula is C15H10ClF3O. The monoisotopic (exact) mass is 298 g/mol. The summed E-state index contributed by atoms with van der Waals surface area (Å²) in [7, 11) is 0. The van der Waals surface area contributed by atoms with Crippen LogP contribution in [0.4, 0.5) is 13.2 Å². The van der Waals surface area contributed by atoms with Crippen molar-refractivity contribution in [3.8, 4) is 0 Å². The van der Waals surface area contributed by atoms with E-state index in [9.17, 15) is 18.0 Å². The fraction of sp³-hybridized carbons (Fsp3) is 0.133. The largest absolute Gasteiger partial charge is 0.292 e. The lowest BCUT2D eigenvalue weighted by Gasteiger charge is -2.11. The van der Waals surface area contributed by atoms with Gasteiger partial charge in [-0.05, 0) is 36.2 Å². The van der Waals surface area contributed by atoms with Crippen LogP contribution in [0.15, 0.2) is 36.4 Å². The Labute approximate surface area is 119 Å². The van der Waals surface area contributed by atoms with E-state index in [1.165, 1.54) is 25.1 Å². The highest BCUT2D eigenvalue weighted by Gasteiger charge is 2.26. The third kappa shape index (κ3) is 2.70. The van der Waals surface area contributed by atoms with Crippen LogP contribution in [0.5, 0.6) is 0 Å². The average Bonchev–Trinajstić information content (AvgIpc) is 2.43. The van der Waals surface area contributed by atoms with Crippen molar-refractivity contribution in [1.29, 1.82) is 0 Å². The fourth-order valence-corrected chi connectivity index (χ4v) is 2.05. The van der Waals surface area contributed by atoms with Crippen molar-refractivity contribution in [3.05, 3.63) is 70.5 Å². The van der Waals surface area contributed by atoms with Crippen LogP contribution >= 0.6 is 11.6 Å². The molecule has 2 aromatic carbocycles. The fourth-order valence-electron chi connectivity index (χ4n) is 1.79. The summed E-state index contributed by atoms with van der Waals surface area (Å²) in [4.78, 5) is 12.1. The van der Waals surface area contributed by atoms with Crippen LogP contribution in [0.1, 0.15) is 26.9 Å². The number of carbonyl (C=O) groups excluding carboxylic acids is 1. The van der Waals surface area contributed by atoms with Crippen molar-refractivity contribution in [1.82, 2.24) is 0 Å². The van der Waals surface area contributed by atoms with Gasteiger partial charge in [0.25, 0.3) is 0 Å². The number of carbonyl (C=O) groups is 1. The Morgan fingerprint density at radius 3 is 2.25 bits per heavy atom. The molecule has 104 valence electrons. The van der Waals surface area contributed by atoms with E-state index in [-0.39, 0.29) is 11.1 Å². The number of aryl methyl sites for hydroxylation is 1. The lowest BCUT2D eigenvalue weighted by molar-refractivity contribution is 0.0978. The number of benzene rings is 2. The molecule has 0 N–H and O–H groups in total. The molecule has 0 heterocycles. The quantitative estimate of drug-likeness (QED) is 0.599. The van der Waals surface area contributed by atoms with E-state index in [2.05, 4.69) is 0 Å². The number of ketones is 1. The molecule has 1 atom stereocenters. The Morgan fingerprint density at radius 2 is 1.65 bits per heavy atom. The van der Waals surface area contributed by atoms with E-state index in [0.29, 0.717) is 0 Å². The third-order valence-electron chi connectivity index (χ3n) is 2.92. The second kappa shape index (κ2) is 5.67. The first-order valence-corrected chi connectivity index (χ1v) is 6.24. The highest BCUT2D eigenvalue weighted by atomic mass is 35.5. The van der Waals surface area contributed by atoms with Crippen molar-refractivity contribution in [2.24, 2.45) is 0 Å². The molecule has 2 rings (SSSR count). The van der Waals surface area contributed by atoms with E-state index in [0.717, 1.165) is 18.2 Å². The standard InChI is InChI=1S/C15H10ClF3O/c1-8-2-7-11(18)12(14(8)19)15(20)13(16)9-3-5-10(17)6-4-9/h2-7,13H,1H3. The van der Waals surface area contributed by atoms with Crippen molar-refractivity contribution >= 4 is 17.4 Å². The van der Waals surface area contributed by atoms with Gasteiger partial charge in [-0.2, -0.15) is 0 Å². The van der Waals surface area contributed by atoms with E-state index in [4.69, 9.17) is 11.6 Å². The Morgan fingerprint density at radius 1 is 1.05 bits per heavy atom. The van der Waals surface area contributed by atoms with Crippen molar-refractivity contribution in [2.45, 2.75) is 12.3 Å². The van der Waals surface area contributed by atoms with Crippen LogP contribution in [0.2, 0.25) is 0 Å². The topological polar surface area (TPSA) is 17.1 Å². The van der Waals surface area contributed by atoms with Crippen molar-refractivity contribution < 1.29 is 18.0 Å². The van der Waals surface area contributed by atoms with Gasteiger partial charge in [-0.1, -0.05) is 18.2 Å². The molecule has 1 unspecified atom stereocenters. The minimum absolute atomic E-state index is 0.151. The molecule has 20 heavy (non-hydrogen) atoms. The Kier molecular flexibility index (Phi) is 4.14. The molecular weight excluding hydrogens is 289 g/mol. The molecule has 0 aliphatic heterocycles. The number of Topliss-reactive ketones (excluding diaryl/α,β-unsaturated/α-hetero) is 1. The van der Waals surface area contributed by atoms with Gasteiger partial charge in [-0.3, -0.25) is 4.79 Å². The molecule has 0 aliphatic rings. The van der Waals surface area contributed by atoms with Crippen LogP contribution in [-0.2, 0) is 0 Å². The van der Waals surface area contributed by atoms with Crippen molar-refractivity contribution in [3.63, 3.8) is 0 Å². The lowest BCUT2D eigenvalue weighted by Crippen LogP contribution is -2.13. The van der Waals surface area contributed by atoms with Crippen LogP contribution in [0, 0.1) is 24.4 Å². The number of rotatable bonds is 3. The van der Waals surface area contributed by atoms with Gasteiger partial charge in [0.2, 0.25) is 0 Å². The maximum atomic E-state index is 13.9. The molecule has 0 aromatic heterocycles. The van der Waals surface area contributed by atoms with Gasteiger partial charge in [0.15, 0.2) is 5.78 Å². The summed E-state index contributed by atoms with van der Waals surface area (Å²) < 4.78 is 40.3. The van der Waals surface area contributed by atoms with Gasteiger partial charge in [-0.15, -0.1) is 11.6 Å². The molecule has 1 nitrogen and oxygen atoms in total. The normalized spacial score (nSPS) is 12.2. The lowest BCUT2D eigenvalue weighted by atomic mass is 9.99. The minimum atomic E-state index is -1.28. The van der Waals surface area contributed by atoms with E-state index < -0.39 is 34.2 Å². The zero-order valence-corrected chi connectivity index (χ0v) is 11.2. The summed E-state index contributed by atoms with van der Waals surface area (Å²) in [6.07, 6.45) is 0. The van der Waals surface area contributed by atoms with E-state index in [1.54, 1.807) is 0 Å². The summed E-state index contributed by atoms with van der Waals surface area (Å²) in [5.74, 6) is -3.27. The second-order valence-corrected chi connectivity index (χ2v) is 4.77.